The summed E-state index contributed by atoms with van der Waals surface area (Å²) in [5, 5.41) is 1.02. The Labute approximate surface area is 136 Å². The highest BCUT2D eigenvalue weighted by molar-refractivity contribution is 5.90. The monoisotopic (exact) mass is 308 g/mol. The highest BCUT2D eigenvalue weighted by atomic mass is 16.5. The van der Waals surface area contributed by atoms with Gasteiger partial charge in [-0.2, -0.15) is 0 Å². The Kier molecular flexibility index (Phi) is 4.66. The number of ether oxygens (including phenoxy) is 1. The summed E-state index contributed by atoms with van der Waals surface area (Å²) in [6, 6.07) is 9.99. The molecule has 23 heavy (non-hydrogen) atoms. The van der Waals surface area contributed by atoms with Gasteiger partial charge in [0.05, 0.1) is 12.6 Å². The summed E-state index contributed by atoms with van der Waals surface area (Å²) in [7, 11) is 1.67. The average molecular weight is 308 g/mol. The normalized spacial score (nSPS) is 10.7. The maximum atomic E-state index is 5.34. The maximum absolute atomic E-state index is 5.34. The highest BCUT2D eigenvalue weighted by Crippen LogP contribution is 2.26. The van der Waals surface area contributed by atoms with Gasteiger partial charge in [0, 0.05) is 30.9 Å². The number of benzene rings is 1. The Morgan fingerprint density at radius 1 is 1.09 bits per heavy atom. The van der Waals surface area contributed by atoms with Crippen LogP contribution in [-0.4, -0.2) is 35.2 Å². The largest absolute Gasteiger partial charge is 0.497 e. The summed E-state index contributed by atoms with van der Waals surface area (Å²) < 4.78 is 5.34. The first-order valence-electron chi connectivity index (χ1n) is 7.74. The molecule has 1 aromatic carbocycles. The molecule has 0 unspecified atom stereocenters. The van der Waals surface area contributed by atoms with Crippen molar-refractivity contribution in [2.75, 3.05) is 25.1 Å². The second kappa shape index (κ2) is 7.05. The van der Waals surface area contributed by atoms with Crippen molar-refractivity contribution in [2.24, 2.45) is 0 Å². The van der Waals surface area contributed by atoms with E-state index in [9.17, 15) is 0 Å². The lowest BCUT2D eigenvalue weighted by atomic mass is 10.1. The van der Waals surface area contributed by atoms with E-state index in [4.69, 9.17) is 4.74 Å². The van der Waals surface area contributed by atoms with Crippen LogP contribution in [0.15, 0.2) is 49.1 Å². The minimum Gasteiger partial charge on any atom is -0.497 e. The van der Waals surface area contributed by atoms with E-state index >= 15 is 0 Å². The second-order valence-electron chi connectivity index (χ2n) is 5.27. The molecule has 0 bridgehead atoms. The van der Waals surface area contributed by atoms with Crippen LogP contribution >= 0.6 is 0 Å². The molecular formula is C18H20N4O. The van der Waals surface area contributed by atoms with Crippen LogP contribution in [0.2, 0.25) is 0 Å². The standard InChI is InChI=1S/C18H20N4O/c1-3-22(11-8-14-6-9-19-10-7-14)18-16-12-15(23-2)4-5-17(16)20-13-21-18/h4-7,9-10,12-13H,3,8,11H2,1-2H3. The molecule has 0 amide bonds. The van der Waals surface area contributed by atoms with Crippen LogP contribution in [-0.2, 0) is 6.42 Å². The SMILES string of the molecule is CCN(CCc1ccncc1)c1ncnc2ccc(OC)cc12. The molecule has 0 atom stereocenters. The molecule has 2 aromatic heterocycles. The van der Waals surface area contributed by atoms with E-state index in [2.05, 4.69) is 38.9 Å². The number of pyridine rings is 1. The summed E-state index contributed by atoms with van der Waals surface area (Å²) in [5.74, 6) is 1.77. The number of likely N-dealkylation sites (N-methyl/N-ethyl adjacent to an activating group) is 1. The Bertz CT molecular complexity index is 776. The van der Waals surface area contributed by atoms with Crippen molar-refractivity contribution >= 4 is 16.7 Å². The molecule has 3 rings (SSSR count). The van der Waals surface area contributed by atoms with Gasteiger partial charge in [-0.1, -0.05) is 0 Å². The van der Waals surface area contributed by atoms with Crippen molar-refractivity contribution in [1.29, 1.82) is 0 Å². The molecular weight excluding hydrogens is 288 g/mol. The zero-order valence-corrected chi connectivity index (χ0v) is 13.4. The molecule has 3 aromatic rings. The van der Waals surface area contributed by atoms with Gasteiger partial charge in [0.25, 0.3) is 0 Å². The van der Waals surface area contributed by atoms with E-state index in [1.165, 1.54) is 5.56 Å². The van der Waals surface area contributed by atoms with Gasteiger partial charge < -0.3 is 9.64 Å². The zero-order valence-electron chi connectivity index (χ0n) is 13.4. The third-order valence-corrected chi connectivity index (χ3v) is 3.92. The Balaban J connectivity index is 1.89. The summed E-state index contributed by atoms with van der Waals surface area (Å²) in [4.78, 5) is 15.2. The van der Waals surface area contributed by atoms with Gasteiger partial charge in [-0.15, -0.1) is 0 Å². The number of rotatable bonds is 6. The average Bonchev–Trinajstić information content (AvgIpc) is 2.62. The number of aromatic nitrogens is 3. The van der Waals surface area contributed by atoms with Crippen LogP contribution in [0.3, 0.4) is 0 Å². The first-order valence-corrected chi connectivity index (χ1v) is 7.74. The predicted molar refractivity (Wildman–Crippen MR) is 91.9 cm³/mol. The summed E-state index contributed by atoms with van der Waals surface area (Å²) in [6.07, 6.45) is 6.23. The van der Waals surface area contributed by atoms with Gasteiger partial charge in [0.2, 0.25) is 0 Å². The predicted octanol–water partition coefficient (Wildman–Crippen LogP) is 3.10. The van der Waals surface area contributed by atoms with E-state index in [1.54, 1.807) is 13.4 Å². The zero-order chi connectivity index (χ0) is 16.1. The van der Waals surface area contributed by atoms with E-state index in [-0.39, 0.29) is 0 Å². The summed E-state index contributed by atoms with van der Waals surface area (Å²) in [6.45, 7) is 3.92. The molecule has 2 heterocycles. The van der Waals surface area contributed by atoms with Crippen molar-refractivity contribution in [1.82, 2.24) is 15.0 Å². The number of nitrogens with zero attached hydrogens (tertiary/aromatic N) is 4. The summed E-state index contributed by atoms with van der Waals surface area (Å²) >= 11 is 0. The van der Waals surface area contributed by atoms with Gasteiger partial charge in [0.1, 0.15) is 17.9 Å². The number of hydrogen-bond acceptors (Lipinski definition) is 5. The Morgan fingerprint density at radius 3 is 2.65 bits per heavy atom. The lowest BCUT2D eigenvalue weighted by Crippen LogP contribution is -2.26. The number of fused-ring (bicyclic) bond motifs is 1. The van der Waals surface area contributed by atoms with Crippen LogP contribution in [0.25, 0.3) is 10.9 Å². The number of hydrogen-bond donors (Lipinski definition) is 0. The highest BCUT2D eigenvalue weighted by Gasteiger charge is 2.12. The molecule has 5 nitrogen and oxygen atoms in total. The number of methoxy groups -OCH3 is 1. The maximum Gasteiger partial charge on any atom is 0.140 e. The van der Waals surface area contributed by atoms with Gasteiger partial charge in [-0.3, -0.25) is 4.98 Å². The molecule has 0 saturated carbocycles. The van der Waals surface area contributed by atoms with Gasteiger partial charge in [-0.25, -0.2) is 9.97 Å². The van der Waals surface area contributed by atoms with Gasteiger partial charge >= 0.3 is 0 Å². The van der Waals surface area contributed by atoms with E-state index < -0.39 is 0 Å². The van der Waals surface area contributed by atoms with Crippen molar-refractivity contribution in [3.05, 3.63) is 54.6 Å². The molecule has 0 saturated heterocycles. The third kappa shape index (κ3) is 3.39. The molecule has 0 aliphatic rings. The van der Waals surface area contributed by atoms with Crippen LogP contribution < -0.4 is 9.64 Å². The molecule has 0 radical (unpaired) electrons. The Morgan fingerprint density at radius 2 is 1.91 bits per heavy atom. The molecule has 118 valence electrons. The molecule has 0 aliphatic carbocycles. The van der Waals surface area contributed by atoms with Gasteiger partial charge in [-0.05, 0) is 49.2 Å². The van der Waals surface area contributed by atoms with Gasteiger partial charge in [0.15, 0.2) is 0 Å². The molecule has 0 N–H and O–H groups in total. The third-order valence-electron chi connectivity index (χ3n) is 3.92. The van der Waals surface area contributed by atoms with Crippen molar-refractivity contribution in [3.63, 3.8) is 0 Å². The fourth-order valence-corrected chi connectivity index (χ4v) is 2.63. The first-order chi connectivity index (χ1) is 11.3. The van der Waals surface area contributed by atoms with Crippen LogP contribution in [0, 0.1) is 0 Å². The Hall–Kier alpha value is -2.69. The lowest BCUT2D eigenvalue weighted by molar-refractivity contribution is 0.415. The second-order valence-corrected chi connectivity index (χ2v) is 5.27. The van der Waals surface area contributed by atoms with Crippen molar-refractivity contribution < 1.29 is 4.74 Å². The number of anilines is 1. The van der Waals surface area contributed by atoms with Crippen molar-refractivity contribution in [3.8, 4) is 5.75 Å². The quantitative estimate of drug-likeness (QED) is 0.700. The minimum atomic E-state index is 0.818. The fourth-order valence-electron chi connectivity index (χ4n) is 2.63. The van der Waals surface area contributed by atoms with Crippen LogP contribution in [0.4, 0.5) is 5.82 Å². The van der Waals surface area contributed by atoms with Crippen LogP contribution in [0.1, 0.15) is 12.5 Å². The van der Waals surface area contributed by atoms with E-state index in [0.29, 0.717) is 0 Å². The molecule has 0 spiro atoms. The molecule has 0 aliphatic heterocycles. The fraction of sp³-hybridized carbons (Fsp3) is 0.278. The van der Waals surface area contributed by atoms with E-state index in [0.717, 1.165) is 42.0 Å². The summed E-state index contributed by atoms with van der Waals surface area (Å²) in [5.41, 5.74) is 2.20. The molecule has 5 heteroatoms. The minimum absolute atomic E-state index is 0.818. The molecule has 0 fully saturated rings. The lowest BCUT2D eigenvalue weighted by Gasteiger charge is -2.23. The first kappa shape index (κ1) is 15.2. The van der Waals surface area contributed by atoms with E-state index in [1.807, 2.05) is 30.6 Å². The van der Waals surface area contributed by atoms with Crippen molar-refractivity contribution in [2.45, 2.75) is 13.3 Å². The van der Waals surface area contributed by atoms with Crippen LogP contribution in [0.5, 0.6) is 5.75 Å². The topological polar surface area (TPSA) is 51.1 Å². The smallest absolute Gasteiger partial charge is 0.140 e.